The Hall–Kier alpha value is -2.98. The zero-order valence-corrected chi connectivity index (χ0v) is 17.2. The number of anilines is 2. The molecule has 0 unspecified atom stereocenters. The van der Waals surface area contributed by atoms with Crippen molar-refractivity contribution in [3.63, 3.8) is 0 Å². The topological polar surface area (TPSA) is 126 Å². The summed E-state index contributed by atoms with van der Waals surface area (Å²) in [6, 6.07) is 3.67. The molecule has 0 bridgehead atoms. The lowest BCUT2D eigenvalue weighted by Crippen LogP contribution is -2.38. The third kappa shape index (κ3) is 4.95. The number of thioether (sulfide) groups is 1. The minimum atomic E-state index is -0.382. The van der Waals surface area contributed by atoms with Crippen LogP contribution in [0.15, 0.2) is 35.6 Å². The Morgan fingerprint density at radius 1 is 1.27 bits per heavy atom. The van der Waals surface area contributed by atoms with E-state index < -0.39 is 0 Å². The maximum atomic E-state index is 11.7. The highest BCUT2D eigenvalue weighted by Crippen LogP contribution is 2.26. The summed E-state index contributed by atoms with van der Waals surface area (Å²) in [5.74, 6) is 0.848. The lowest BCUT2D eigenvalue weighted by molar-refractivity contribution is -0.115. The van der Waals surface area contributed by atoms with Crippen molar-refractivity contribution in [2.24, 2.45) is 5.92 Å². The standard InChI is InChI=1S/C20H23N7O2S/c21-16-12-22-5-1-14(16)11-23-10-13-3-7-27(8-4-13)19-24-6-2-15(25-19)9-17-18(28)26-20(29)30-17/h1-2,5-6,9,12-13,23H,3-4,7-8,10-11,21H2,(H,26,28,29). The molecule has 4 rings (SSSR count). The van der Waals surface area contributed by atoms with Crippen molar-refractivity contribution in [2.45, 2.75) is 19.4 Å². The van der Waals surface area contributed by atoms with Gasteiger partial charge >= 0.3 is 0 Å². The maximum Gasteiger partial charge on any atom is 0.290 e. The SMILES string of the molecule is Nc1cnccc1CNCC1CCN(c2nccc(C=C3SC(=O)NC3=O)n2)CC1. The average Bonchev–Trinajstić information content (AvgIpc) is 3.07. The fourth-order valence-electron chi connectivity index (χ4n) is 3.49. The minimum absolute atomic E-state index is 0.351. The third-order valence-corrected chi connectivity index (χ3v) is 5.99. The third-order valence-electron chi connectivity index (χ3n) is 5.18. The molecule has 0 radical (unpaired) electrons. The highest BCUT2D eigenvalue weighted by atomic mass is 32.2. The molecular formula is C20H23N7O2S. The van der Waals surface area contributed by atoms with Crippen LogP contribution >= 0.6 is 11.8 Å². The van der Waals surface area contributed by atoms with Gasteiger partial charge in [0.1, 0.15) is 0 Å². The summed E-state index contributed by atoms with van der Waals surface area (Å²) in [6.45, 7) is 3.42. The quantitative estimate of drug-likeness (QED) is 0.594. The van der Waals surface area contributed by atoms with E-state index in [0.29, 0.717) is 28.2 Å². The molecule has 2 aromatic rings. The normalized spacial score (nSPS) is 18.8. The largest absolute Gasteiger partial charge is 0.397 e. The summed E-state index contributed by atoms with van der Waals surface area (Å²) in [4.78, 5) is 38.5. The lowest BCUT2D eigenvalue weighted by atomic mass is 9.97. The van der Waals surface area contributed by atoms with E-state index >= 15 is 0 Å². The van der Waals surface area contributed by atoms with E-state index in [4.69, 9.17) is 5.73 Å². The Morgan fingerprint density at radius 2 is 2.10 bits per heavy atom. The molecule has 4 heterocycles. The summed E-state index contributed by atoms with van der Waals surface area (Å²) in [6.07, 6.45) is 8.82. The molecule has 0 atom stereocenters. The van der Waals surface area contributed by atoms with E-state index in [-0.39, 0.29) is 11.1 Å². The van der Waals surface area contributed by atoms with Gasteiger partial charge in [-0.1, -0.05) is 0 Å². The van der Waals surface area contributed by atoms with Gasteiger partial charge in [-0.05, 0) is 60.8 Å². The van der Waals surface area contributed by atoms with Crippen LogP contribution in [0.1, 0.15) is 24.1 Å². The number of imide groups is 1. The van der Waals surface area contributed by atoms with Gasteiger partial charge in [0, 0.05) is 32.0 Å². The average molecular weight is 426 g/mol. The number of nitrogens with two attached hydrogens (primary N) is 1. The first-order chi connectivity index (χ1) is 14.6. The van der Waals surface area contributed by atoms with Crippen LogP contribution in [0.5, 0.6) is 0 Å². The minimum Gasteiger partial charge on any atom is -0.397 e. The monoisotopic (exact) mass is 425 g/mol. The van der Waals surface area contributed by atoms with Gasteiger partial charge in [-0.15, -0.1) is 0 Å². The first kappa shape index (κ1) is 20.3. The predicted octanol–water partition coefficient (Wildman–Crippen LogP) is 1.78. The van der Waals surface area contributed by atoms with Crippen LogP contribution in [0.4, 0.5) is 16.4 Å². The Bertz CT molecular complexity index is 973. The van der Waals surface area contributed by atoms with Crippen LogP contribution < -0.4 is 21.3 Å². The molecule has 9 nitrogen and oxygen atoms in total. The van der Waals surface area contributed by atoms with Gasteiger partial charge in [-0.3, -0.25) is 19.9 Å². The Morgan fingerprint density at radius 3 is 2.83 bits per heavy atom. The fourth-order valence-corrected chi connectivity index (χ4v) is 4.16. The van der Waals surface area contributed by atoms with E-state index in [1.165, 1.54) is 0 Å². The zero-order chi connectivity index (χ0) is 20.9. The number of carbonyl (C=O) groups is 2. The second kappa shape index (κ2) is 9.23. The van der Waals surface area contributed by atoms with Crippen molar-refractivity contribution in [1.82, 2.24) is 25.6 Å². The molecule has 0 aromatic carbocycles. The number of nitrogens with zero attached hydrogens (tertiary/aromatic N) is 4. The number of hydrogen-bond acceptors (Lipinski definition) is 9. The number of nitrogens with one attached hydrogen (secondary N) is 2. The molecule has 156 valence electrons. The van der Waals surface area contributed by atoms with E-state index in [2.05, 4.69) is 30.5 Å². The molecule has 2 aliphatic rings. The van der Waals surface area contributed by atoms with Crippen molar-refractivity contribution in [3.8, 4) is 0 Å². The highest BCUT2D eigenvalue weighted by Gasteiger charge is 2.25. The zero-order valence-electron chi connectivity index (χ0n) is 16.4. The Balaban J connectivity index is 1.29. The second-order valence-corrected chi connectivity index (χ2v) is 8.28. The van der Waals surface area contributed by atoms with Gasteiger partial charge in [0.15, 0.2) is 0 Å². The number of aromatic nitrogens is 3. The second-order valence-electron chi connectivity index (χ2n) is 7.27. The number of rotatable bonds is 6. The van der Waals surface area contributed by atoms with Crippen molar-refractivity contribution < 1.29 is 9.59 Å². The molecule has 2 fully saturated rings. The maximum absolute atomic E-state index is 11.7. The molecule has 4 N–H and O–H groups in total. The Labute approximate surface area is 178 Å². The first-order valence-electron chi connectivity index (χ1n) is 9.80. The molecule has 0 saturated carbocycles. The molecule has 10 heteroatoms. The van der Waals surface area contributed by atoms with E-state index in [9.17, 15) is 9.59 Å². The van der Waals surface area contributed by atoms with Crippen LogP contribution in [-0.2, 0) is 11.3 Å². The van der Waals surface area contributed by atoms with Crippen LogP contribution in [0, 0.1) is 5.92 Å². The van der Waals surface area contributed by atoms with Crippen molar-refractivity contribution >= 4 is 40.6 Å². The van der Waals surface area contributed by atoms with E-state index in [0.717, 1.165) is 56.3 Å². The number of pyridine rings is 1. The lowest BCUT2D eigenvalue weighted by Gasteiger charge is -2.32. The van der Waals surface area contributed by atoms with Crippen LogP contribution in [0.3, 0.4) is 0 Å². The van der Waals surface area contributed by atoms with Gasteiger partial charge in [0.05, 0.1) is 22.5 Å². The van der Waals surface area contributed by atoms with E-state index in [1.807, 2.05) is 6.07 Å². The molecule has 2 saturated heterocycles. The van der Waals surface area contributed by atoms with Crippen LogP contribution in [0.2, 0.25) is 0 Å². The molecule has 2 amide bonds. The molecule has 2 aromatic heterocycles. The van der Waals surface area contributed by atoms with Crippen LogP contribution in [-0.4, -0.2) is 45.7 Å². The number of amides is 2. The van der Waals surface area contributed by atoms with Gasteiger partial charge in [-0.25, -0.2) is 9.97 Å². The number of carbonyl (C=O) groups excluding carboxylic acids is 2. The van der Waals surface area contributed by atoms with Gasteiger partial charge < -0.3 is 16.0 Å². The van der Waals surface area contributed by atoms with E-state index in [1.54, 1.807) is 30.7 Å². The summed E-state index contributed by atoms with van der Waals surface area (Å²) in [5, 5.41) is 5.38. The van der Waals surface area contributed by atoms with Gasteiger partial charge in [-0.2, -0.15) is 0 Å². The highest BCUT2D eigenvalue weighted by molar-refractivity contribution is 8.18. The fraction of sp³-hybridized carbons (Fsp3) is 0.350. The van der Waals surface area contributed by atoms with Gasteiger partial charge in [0.2, 0.25) is 5.95 Å². The first-order valence-corrected chi connectivity index (χ1v) is 10.6. The molecule has 2 aliphatic heterocycles. The van der Waals surface area contributed by atoms with Gasteiger partial charge in [0.25, 0.3) is 11.1 Å². The summed E-state index contributed by atoms with van der Waals surface area (Å²) >= 11 is 0.886. The summed E-state index contributed by atoms with van der Waals surface area (Å²) in [7, 11) is 0. The summed E-state index contributed by atoms with van der Waals surface area (Å²) < 4.78 is 0. The number of piperidine rings is 1. The molecular weight excluding hydrogens is 402 g/mol. The smallest absolute Gasteiger partial charge is 0.290 e. The molecule has 30 heavy (non-hydrogen) atoms. The number of nitrogen functional groups attached to an aromatic ring is 1. The van der Waals surface area contributed by atoms with Crippen molar-refractivity contribution in [1.29, 1.82) is 0 Å². The predicted molar refractivity (Wildman–Crippen MR) is 116 cm³/mol. The Kier molecular flexibility index (Phi) is 6.24. The summed E-state index contributed by atoms with van der Waals surface area (Å²) in [5.41, 5.74) is 8.33. The van der Waals surface area contributed by atoms with Crippen LogP contribution in [0.25, 0.3) is 6.08 Å². The molecule has 0 aliphatic carbocycles. The van der Waals surface area contributed by atoms with Crippen molar-refractivity contribution in [2.75, 3.05) is 30.3 Å². The van der Waals surface area contributed by atoms with Crippen molar-refractivity contribution in [3.05, 3.63) is 46.9 Å². The number of hydrogen-bond donors (Lipinski definition) is 3. The molecule has 0 spiro atoms.